The molecule has 0 amide bonds. The van der Waals surface area contributed by atoms with Crippen LogP contribution in [0.2, 0.25) is 0 Å². The molecule has 0 saturated heterocycles. The molecule has 1 rings (SSSR count). The second kappa shape index (κ2) is 4.30. The van der Waals surface area contributed by atoms with Crippen molar-refractivity contribution in [2.45, 2.75) is 5.79 Å². The molecule has 0 aliphatic carbocycles. The lowest BCUT2D eigenvalue weighted by atomic mass is 10.1. The summed E-state index contributed by atoms with van der Waals surface area (Å²) in [5.74, 6) is -2.23. The first kappa shape index (κ1) is 12.2. The molecule has 1 aromatic carbocycles. The van der Waals surface area contributed by atoms with Crippen LogP contribution in [-0.2, 0) is 20.4 Å². The van der Waals surface area contributed by atoms with Crippen molar-refractivity contribution in [3.05, 3.63) is 35.9 Å². The highest BCUT2D eigenvalue weighted by atomic mass is 32.2. The van der Waals surface area contributed by atoms with E-state index in [4.69, 9.17) is 4.74 Å². The van der Waals surface area contributed by atoms with Gasteiger partial charge in [0, 0.05) is 18.9 Å². The first-order valence-electron chi connectivity index (χ1n) is 4.38. The third kappa shape index (κ3) is 3.30. The highest BCUT2D eigenvalue weighted by molar-refractivity contribution is 7.90. The summed E-state index contributed by atoms with van der Waals surface area (Å²) in [6.45, 7) is 0. The molecule has 4 nitrogen and oxygen atoms in total. The lowest BCUT2D eigenvalue weighted by molar-refractivity contribution is -0.175. The molecule has 1 unspecified atom stereocenters. The van der Waals surface area contributed by atoms with Crippen molar-refractivity contribution in [1.29, 1.82) is 0 Å². The summed E-state index contributed by atoms with van der Waals surface area (Å²) in [4.78, 5) is 0. The Labute approximate surface area is 89.4 Å². The topological polar surface area (TPSA) is 63.6 Å². The quantitative estimate of drug-likeness (QED) is 0.766. The lowest BCUT2D eigenvalue weighted by Gasteiger charge is -2.25. The van der Waals surface area contributed by atoms with Gasteiger partial charge in [0.15, 0.2) is 9.84 Å². The average Bonchev–Trinajstić information content (AvgIpc) is 2.16. The van der Waals surface area contributed by atoms with Gasteiger partial charge in [-0.25, -0.2) is 8.42 Å². The molecule has 1 atom stereocenters. The number of ether oxygens (including phenoxy) is 1. The smallest absolute Gasteiger partial charge is 0.206 e. The first-order chi connectivity index (χ1) is 6.87. The molecule has 0 radical (unpaired) electrons. The normalized spacial score (nSPS) is 15.9. The highest BCUT2D eigenvalue weighted by Gasteiger charge is 2.33. The molecule has 15 heavy (non-hydrogen) atoms. The van der Waals surface area contributed by atoms with Crippen molar-refractivity contribution in [1.82, 2.24) is 0 Å². The van der Waals surface area contributed by atoms with E-state index in [1.165, 1.54) is 7.11 Å². The van der Waals surface area contributed by atoms with E-state index in [1.807, 2.05) is 0 Å². The van der Waals surface area contributed by atoms with Gasteiger partial charge in [-0.05, 0) is 0 Å². The van der Waals surface area contributed by atoms with Crippen LogP contribution in [0, 0.1) is 0 Å². The number of rotatable bonds is 4. The molecule has 1 aromatic rings. The van der Waals surface area contributed by atoms with Crippen molar-refractivity contribution in [3.63, 3.8) is 0 Å². The lowest BCUT2D eigenvalue weighted by Crippen LogP contribution is -2.36. The van der Waals surface area contributed by atoms with Gasteiger partial charge in [0.2, 0.25) is 5.79 Å². The maximum atomic E-state index is 11.1. The molecule has 0 heterocycles. The van der Waals surface area contributed by atoms with Gasteiger partial charge in [-0.2, -0.15) is 0 Å². The molecule has 0 aliphatic rings. The summed E-state index contributed by atoms with van der Waals surface area (Å²) in [6.07, 6.45) is 1.06. The van der Waals surface area contributed by atoms with Gasteiger partial charge in [0.05, 0.1) is 0 Å². The van der Waals surface area contributed by atoms with E-state index in [-0.39, 0.29) is 0 Å². The van der Waals surface area contributed by atoms with Gasteiger partial charge in [0.1, 0.15) is 5.75 Å². The third-order valence-corrected chi connectivity index (χ3v) is 2.94. The molecule has 0 bridgehead atoms. The summed E-state index contributed by atoms with van der Waals surface area (Å²) in [5.41, 5.74) is 0.429. The average molecular weight is 230 g/mol. The van der Waals surface area contributed by atoms with Crippen LogP contribution in [0.3, 0.4) is 0 Å². The van der Waals surface area contributed by atoms with Crippen molar-refractivity contribution in [2.75, 3.05) is 19.1 Å². The van der Waals surface area contributed by atoms with E-state index in [1.54, 1.807) is 30.3 Å². The van der Waals surface area contributed by atoms with Crippen LogP contribution < -0.4 is 0 Å². The van der Waals surface area contributed by atoms with Crippen LogP contribution in [-0.4, -0.2) is 32.6 Å². The molecule has 1 N–H and O–H groups in total. The second-order valence-corrected chi connectivity index (χ2v) is 5.56. The van der Waals surface area contributed by atoms with Crippen molar-refractivity contribution >= 4 is 9.84 Å². The van der Waals surface area contributed by atoms with E-state index < -0.39 is 21.4 Å². The molecule has 5 heteroatoms. The van der Waals surface area contributed by atoms with E-state index >= 15 is 0 Å². The second-order valence-electron chi connectivity index (χ2n) is 3.42. The zero-order valence-electron chi connectivity index (χ0n) is 8.67. The van der Waals surface area contributed by atoms with Crippen LogP contribution in [0.15, 0.2) is 30.3 Å². The maximum absolute atomic E-state index is 11.1. The number of sulfone groups is 1. The van der Waals surface area contributed by atoms with E-state index in [0.29, 0.717) is 5.56 Å². The number of aliphatic hydroxyl groups is 1. The Kier molecular flexibility index (Phi) is 3.49. The highest BCUT2D eigenvalue weighted by Crippen LogP contribution is 2.23. The molecule has 84 valence electrons. The van der Waals surface area contributed by atoms with Crippen molar-refractivity contribution in [2.24, 2.45) is 0 Å². The zero-order valence-corrected chi connectivity index (χ0v) is 9.49. The molecule has 0 aromatic heterocycles. The summed E-state index contributed by atoms with van der Waals surface area (Å²) < 4.78 is 27.2. The Morgan fingerprint density at radius 3 is 2.27 bits per heavy atom. The van der Waals surface area contributed by atoms with E-state index in [2.05, 4.69) is 0 Å². The molecular weight excluding hydrogens is 216 g/mol. The van der Waals surface area contributed by atoms with Crippen molar-refractivity contribution < 1.29 is 18.3 Å². The molecule has 0 fully saturated rings. The fourth-order valence-corrected chi connectivity index (χ4v) is 2.31. The SMILES string of the molecule is COC(O)(CS(C)(=O)=O)c1ccccc1. The predicted molar refractivity (Wildman–Crippen MR) is 57.1 cm³/mol. The van der Waals surface area contributed by atoms with Gasteiger partial charge in [-0.15, -0.1) is 0 Å². The Balaban J connectivity index is 3.06. The Morgan fingerprint density at radius 1 is 1.33 bits per heavy atom. The van der Waals surface area contributed by atoms with E-state index in [0.717, 1.165) is 6.26 Å². The third-order valence-electron chi connectivity index (χ3n) is 2.02. The Hall–Kier alpha value is -0.910. The fraction of sp³-hybridized carbons (Fsp3) is 0.400. The minimum absolute atomic E-state index is 0.429. The van der Waals surface area contributed by atoms with Gasteiger partial charge >= 0.3 is 0 Å². The van der Waals surface area contributed by atoms with Crippen LogP contribution in [0.25, 0.3) is 0 Å². The minimum atomic E-state index is -3.32. The summed E-state index contributed by atoms with van der Waals surface area (Å²) in [7, 11) is -2.04. The summed E-state index contributed by atoms with van der Waals surface area (Å²) >= 11 is 0. The summed E-state index contributed by atoms with van der Waals surface area (Å²) in [5, 5.41) is 10.0. The fourth-order valence-electron chi connectivity index (χ4n) is 1.31. The van der Waals surface area contributed by atoms with E-state index in [9.17, 15) is 13.5 Å². The Morgan fingerprint density at radius 2 is 1.87 bits per heavy atom. The van der Waals surface area contributed by atoms with Crippen molar-refractivity contribution in [3.8, 4) is 0 Å². The number of methoxy groups -OCH3 is 1. The molecule has 0 spiro atoms. The van der Waals surface area contributed by atoms with Crippen LogP contribution >= 0.6 is 0 Å². The summed E-state index contributed by atoms with van der Waals surface area (Å²) in [6, 6.07) is 8.44. The maximum Gasteiger partial charge on any atom is 0.206 e. The molecular formula is C10H14O4S. The molecule has 0 aliphatic heterocycles. The largest absolute Gasteiger partial charge is 0.361 e. The number of benzene rings is 1. The van der Waals surface area contributed by atoms with Crippen LogP contribution in [0.5, 0.6) is 0 Å². The van der Waals surface area contributed by atoms with Crippen LogP contribution in [0.1, 0.15) is 5.56 Å². The minimum Gasteiger partial charge on any atom is -0.361 e. The molecule has 0 saturated carbocycles. The van der Waals surface area contributed by atoms with Gasteiger partial charge in [-0.3, -0.25) is 0 Å². The number of hydrogen-bond donors (Lipinski definition) is 1. The monoisotopic (exact) mass is 230 g/mol. The standard InChI is InChI=1S/C10H14O4S/c1-14-10(11,8-15(2,12)13)9-6-4-3-5-7-9/h3-7,11H,8H2,1-2H3. The van der Waals surface area contributed by atoms with Gasteiger partial charge in [-0.1, -0.05) is 30.3 Å². The Bertz CT molecular complexity index is 412. The first-order valence-corrected chi connectivity index (χ1v) is 6.44. The zero-order chi connectivity index (χ0) is 11.5. The number of hydrogen-bond acceptors (Lipinski definition) is 4. The predicted octanol–water partition coefficient (Wildman–Crippen LogP) is 0.523. The van der Waals surface area contributed by atoms with Gasteiger partial charge < -0.3 is 9.84 Å². The van der Waals surface area contributed by atoms with Crippen LogP contribution in [0.4, 0.5) is 0 Å². The van der Waals surface area contributed by atoms with Gasteiger partial charge in [0.25, 0.3) is 0 Å².